The van der Waals surface area contributed by atoms with Gasteiger partial charge in [-0.1, -0.05) is 0 Å². The highest BCUT2D eigenvalue weighted by Gasteiger charge is 2.26. The molecule has 1 aliphatic heterocycles. The van der Waals surface area contributed by atoms with Crippen molar-refractivity contribution in [3.05, 3.63) is 40.5 Å². The molecular formula is C20H22N4OS. The Bertz CT molecular complexity index is 958. The first-order valence-corrected chi connectivity index (χ1v) is 10.1. The van der Waals surface area contributed by atoms with Gasteiger partial charge >= 0.3 is 0 Å². The first kappa shape index (κ1) is 15.9. The average Bonchev–Trinajstić information content (AvgIpc) is 3.22. The maximum atomic E-state index is 9.49. The van der Waals surface area contributed by atoms with Gasteiger partial charge in [0.15, 0.2) is 0 Å². The van der Waals surface area contributed by atoms with E-state index in [1.54, 1.807) is 12.1 Å². The van der Waals surface area contributed by atoms with E-state index in [1.807, 2.05) is 30.4 Å². The number of anilines is 2. The molecule has 134 valence electrons. The molecule has 1 fully saturated rings. The molecule has 0 spiro atoms. The number of benzene rings is 1. The molecule has 6 heteroatoms. The number of phenols is 1. The van der Waals surface area contributed by atoms with Crippen molar-refractivity contribution < 1.29 is 5.11 Å². The fourth-order valence-corrected chi connectivity index (χ4v) is 5.45. The van der Waals surface area contributed by atoms with Gasteiger partial charge in [0.1, 0.15) is 22.2 Å². The monoisotopic (exact) mass is 366 g/mol. The highest BCUT2D eigenvalue weighted by atomic mass is 32.1. The molecule has 5 rings (SSSR count). The molecular weight excluding hydrogens is 344 g/mol. The van der Waals surface area contributed by atoms with Crippen LogP contribution in [0.4, 0.5) is 11.5 Å². The molecule has 5 nitrogen and oxygen atoms in total. The van der Waals surface area contributed by atoms with Crippen LogP contribution in [0.1, 0.15) is 22.7 Å². The third kappa shape index (κ3) is 2.60. The van der Waals surface area contributed by atoms with Crippen molar-refractivity contribution in [1.82, 2.24) is 9.97 Å². The standard InChI is InChI=1S/C20H22N4OS/c1-13-21-19(18-16-3-2-4-17(16)26-20(18)22-13)24-11-9-23(10-12-24)14-5-7-15(25)8-6-14/h5-8,25H,2-4,9-12H2,1H3. The SMILES string of the molecule is Cc1nc(N2CCN(c3ccc(O)cc3)CC2)c2c3c(sc2n1)CCC3. The molecule has 0 atom stereocenters. The van der Waals surface area contributed by atoms with Crippen LogP contribution in [-0.2, 0) is 12.8 Å². The van der Waals surface area contributed by atoms with Gasteiger partial charge in [-0.25, -0.2) is 9.97 Å². The van der Waals surface area contributed by atoms with Gasteiger partial charge in [-0.2, -0.15) is 0 Å². The number of nitrogens with zero attached hydrogens (tertiary/aromatic N) is 4. The summed E-state index contributed by atoms with van der Waals surface area (Å²) in [6.45, 7) is 5.83. The summed E-state index contributed by atoms with van der Waals surface area (Å²) in [6, 6.07) is 7.49. The van der Waals surface area contributed by atoms with Crippen molar-refractivity contribution >= 4 is 33.1 Å². The van der Waals surface area contributed by atoms with Crippen molar-refractivity contribution in [2.75, 3.05) is 36.0 Å². The van der Waals surface area contributed by atoms with E-state index in [-0.39, 0.29) is 0 Å². The fourth-order valence-electron chi connectivity index (χ4n) is 4.15. The maximum Gasteiger partial charge on any atom is 0.141 e. The largest absolute Gasteiger partial charge is 0.508 e. The molecule has 1 aromatic carbocycles. The van der Waals surface area contributed by atoms with Crippen LogP contribution in [0.2, 0.25) is 0 Å². The summed E-state index contributed by atoms with van der Waals surface area (Å²) in [7, 11) is 0. The number of rotatable bonds is 2. The number of aromatic nitrogens is 2. The summed E-state index contributed by atoms with van der Waals surface area (Å²) in [6.07, 6.45) is 3.63. The molecule has 0 unspecified atom stereocenters. The molecule has 2 aromatic heterocycles. The zero-order valence-corrected chi connectivity index (χ0v) is 15.7. The van der Waals surface area contributed by atoms with E-state index in [0.717, 1.165) is 42.7 Å². The van der Waals surface area contributed by atoms with Crippen molar-refractivity contribution in [2.45, 2.75) is 26.2 Å². The lowest BCUT2D eigenvalue weighted by atomic mass is 10.1. The van der Waals surface area contributed by atoms with E-state index in [1.165, 1.54) is 40.8 Å². The second kappa shape index (κ2) is 6.13. The molecule has 1 N–H and O–H groups in total. The molecule has 0 bridgehead atoms. The number of thiophene rings is 1. The lowest BCUT2D eigenvalue weighted by Crippen LogP contribution is -2.47. The van der Waals surface area contributed by atoms with Crippen LogP contribution in [0.3, 0.4) is 0 Å². The smallest absolute Gasteiger partial charge is 0.141 e. The zero-order chi connectivity index (χ0) is 17.7. The Kier molecular flexibility index (Phi) is 3.74. The van der Waals surface area contributed by atoms with Crippen molar-refractivity contribution in [2.24, 2.45) is 0 Å². The van der Waals surface area contributed by atoms with Crippen LogP contribution in [-0.4, -0.2) is 41.3 Å². The lowest BCUT2D eigenvalue weighted by Gasteiger charge is -2.37. The number of aromatic hydroxyl groups is 1. The Morgan fingerprint density at radius 3 is 2.46 bits per heavy atom. The van der Waals surface area contributed by atoms with E-state index >= 15 is 0 Å². The second-order valence-electron chi connectivity index (χ2n) is 7.12. The predicted molar refractivity (Wildman–Crippen MR) is 107 cm³/mol. The summed E-state index contributed by atoms with van der Waals surface area (Å²) < 4.78 is 0. The molecule has 1 aliphatic carbocycles. The Morgan fingerprint density at radius 1 is 0.962 bits per heavy atom. The lowest BCUT2D eigenvalue weighted by molar-refractivity contribution is 0.475. The highest BCUT2D eigenvalue weighted by Crippen LogP contribution is 2.40. The van der Waals surface area contributed by atoms with E-state index in [4.69, 9.17) is 9.97 Å². The van der Waals surface area contributed by atoms with Gasteiger partial charge in [0.2, 0.25) is 0 Å². The van der Waals surface area contributed by atoms with E-state index in [9.17, 15) is 5.11 Å². The first-order chi connectivity index (χ1) is 12.7. The summed E-state index contributed by atoms with van der Waals surface area (Å²) in [5, 5.41) is 10.8. The van der Waals surface area contributed by atoms with E-state index in [2.05, 4.69) is 9.80 Å². The summed E-state index contributed by atoms with van der Waals surface area (Å²) in [5.41, 5.74) is 2.67. The molecule has 0 amide bonds. The molecule has 0 radical (unpaired) electrons. The van der Waals surface area contributed by atoms with Gasteiger partial charge in [0, 0.05) is 36.7 Å². The topological polar surface area (TPSA) is 52.5 Å². The van der Waals surface area contributed by atoms with Crippen molar-refractivity contribution in [1.29, 1.82) is 0 Å². The Hall–Kier alpha value is -2.34. The van der Waals surface area contributed by atoms with Gasteiger partial charge in [0.25, 0.3) is 0 Å². The van der Waals surface area contributed by atoms with E-state index < -0.39 is 0 Å². The van der Waals surface area contributed by atoms with Gasteiger partial charge in [0.05, 0.1) is 5.39 Å². The van der Waals surface area contributed by atoms with Gasteiger partial charge in [-0.15, -0.1) is 11.3 Å². The molecule has 2 aliphatic rings. The van der Waals surface area contributed by atoms with E-state index in [0.29, 0.717) is 5.75 Å². The number of hydrogen-bond donors (Lipinski definition) is 1. The Balaban J connectivity index is 1.44. The van der Waals surface area contributed by atoms with Crippen LogP contribution in [0.5, 0.6) is 5.75 Å². The third-order valence-corrected chi connectivity index (χ3v) is 6.64. The minimum atomic E-state index is 0.317. The minimum absolute atomic E-state index is 0.317. The fraction of sp³-hybridized carbons (Fsp3) is 0.400. The molecule has 1 saturated heterocycles. The first-order valence-electron chi connectivity index (χ1n) is 9.27. The summed E-state index contributed by atoms with van der Waals surface area (Å²) in [4.78, 5) is 17.1. The Labute approximate surface area is 156 Å². The second-order valence-corrected chi connectivity index (χ2v) is 8.21. The maximum absolute atomic E-state index is 9.49. The number of piperazine rings is 1. The number of fused-ring (bicyclic) bond motifs is 3. The molecule has 0 saturated carbocycles. The molecule has 3 heterocycles. The number of hydrogen-bond acceptors (Lipinski definition) is 6. The molecule has 3 aromatic rings. The number of aryl methyl sites for hydroxylation is 3. The zero-order valence-electron chi connectivity index (χ0n) is 14.9. The highest BCUT2D eigenvalue weighted by molar-refractivity contribution is 7.19. The van der Waals surface area contributed by atoms with Crippen LogP contribution >= 0.6 is 11.3 Å². The quantitative estimate of drug-likeness (QED) is 0.752. The van der Waals surface area contributed by atoms with Crippen LogP contribution in [0.25, 0.3) is 10.2 Å². The average molecular weight is 366 g/mol. The van der Waals surface area contributed by atoms with Gasteiger partial charge in [-0.3, -0.25) is 0 Å². The predicted octanol–water partition coefficient (Wildman–Crippen LogP) is 3.52. The van der Waals surface area contributed by atoms with Crippen LogP contribution < -0.4 is 9.80 Å². The van der Waals surface area contributed by atoms with Gasteiger partial charge < -0.3 is 14.9 Å². The van der Waals surface area contributed by atoms with Crippen LogP contribution in [0, 0.1) is 6.92 Å². The van der Waals surface area contributed by atoms with Crippen LogP contribution in [0.15, 0.2) is 24.3 Å². The van der Waals surface area contributed by atoms with Crippen molar-refractivity contribution in [3.63, 3.8) is 0 Å². The molecule has 26 heavy (non-hydrogen) atoms. The summed E-state index contributed by atoms with van der Waals surface area (Å²) >= 11 is 1.87. The number of phenolic OH excluding ortho intramolecular Hbond substituents is 1. The van der Waals surface area contributed by atoms with Gasteiger partial charge in [-0.05, 0) is 56.0 Å². The summed E-state index contributed by atoms with van der Waals surface area (Å²) in [5.74, 6) is 2.32. The minimum Gasteiger partial charge on any atom is -0.508 e. The Morgan fingerprint density at radius 2 is 1.69 bits per heavy atom. The third-order valence-electron chi connectivity index (χ3n) is 5.45. The normalized spacial score (nSPS) is 17.1. The van der Waals surface area contributed by atoms with Crippen molar-refractivity contribution in [3.8, 4) is 5.75 Å².